The lowest BCUT2D eigenvalue weighted by molar-refractivity contribution is 0.336. The molecule has 0 amide bonds. The zero-order valence-corrected chi connectivity index (χ0v) is 9.34. The highest BCUT2D eigenvalue weighted by Gasteiger charge is 2.33. The smallest absolute Gasteiger partial charge is 0.00712 e. The zero-order valence-electron chi connectivity index (χ0n) is 9.34. The van der Waals surface area contributed by atoms with Crippen molar-refractivity contribution in [2.24, 2.45) is 5.41 Å². The average molecular weight is 188 g/mol. The molecular formula is C14H20. The van der Waals surface area contributed by atoms with Gasteiger partial charge in [0.2, 0.25) is 0 Å². The molecule has 2 rings (SSSR count). The molecule has 76 valence electrons. The van der Waals surface area contributed by atoms with Crippen LogP contribution in [0.2, 0.25) is 0 Å². The van der Waals surface area contributed by atoms with Gasteiger partial charge in [-0.05, 0) is 35.8 Å². The van der Waals surface area contributed by atoms with Crippen LogP contribution in [0.15, 0.2) is 35.5 Å². The Kier molecular flexibility index (Phi) is 2.62. The first-order valence-electron chi connectivity index (χ1n) is 5.90. The van der Waals surface area contributed by atoms with E-state index in [1.54, 1.807) is 5.57 Å². The highest BCUT2D eigenvalue weighted by molar-refractivity contribution is 5.53. The standard InChI is InChI=1S/C14H20/c1-3-5-9-14(4-2)10-12-7-6-8-13(12)11-14/h6-8,10H,3-5,9,11H2,1-2H3. The molecule has 0 aromatic heterocycles. The summed E-state index contributed by atoms with van der Waals surface area (Å²) in [5, 5.41) is 0. The normalized spacial score (nSPS) is 29.0. The lowest BCUT2D eigenvalue weighted by atomic mass is 9.79. The lowest BCUT2D eigenvalue weighted by Gasteiger charge is -2.25. The Balaban J connectivity index is 2.13. The number of rotatable bonds is 4. The monoisotopic (exact) mass is 188 g/mol. The summed E-state index contributed by atoms with van der Waals surface area (Å²) in [5.74, 6) is 0. The van der Waals surface area contributed by atoms with E-state index in [1.165, 1.54) is 37.7 Å². The van der Waals surface area contributed by atoms with E-state index in [4.69, 9.17) is 0 Å². The molecule has 0 saturated heterocycles. The van der Waals surface area contributed by atoms with E-state index in [1.807, 2.05) is 0 Å². The molecular weight excluding hydrogens is 168 g/mol. The Morgan fingerprint density at radius 1 is 1.36 bits per heavy atom. The first-order valence-corrected chi connectivity index (χ1v) is 5.90. The van der Waals surface area contributed by atoms with Crippen LogP contribution in [0.4, 0.5) is 0 Å². The second-order valence-electron chi connectivity index (χ2n) is 4.65. The van der Waals surface area contributed by atoms with Gasteiger partial charge in [-0.2, -0.15) is 0 Å². The second-order valence-corrected chi connectivity index (χ2v) is 4.65. The van der Waals surface area contributed by atoms with Crippen molar-refractivity contribution in [1.82, 2.24) is 0 Å². The molecule has 0 N–H and O–H groups in total. The van der Waals surface area contributed by atoms with Gasteiger partial charge in [0.05, 0.1) is 0 Å². The van der Waals surface area contributed by atoms with Crippen molar-refractivity contribution in [3.8, 4) is 0 Å². The summed E-state index contributed by atoms with van der Waals surface area (Å²) < 4.78 is 0. The molecule has 0 radical (unpaired) electrons. The Morgan fingerprint density at radius 3 is 2.86 bits per heavy atom. The quantitative estimate of drug-likeness (QED) is 0.613. The lowest BCUT2D eigenvalue weighted by Crippen LogP contribution is -2.13. The third-order valence-electron chi connectivity index (χ3n) is 3.68. The van der Waals surface area contributed by atoms with Crippen LogP contribution in [0, 0.1) is 5.41 Å². The molecule has 0 heterocycles. The molecule has 14 heavy (non-hydrogen) atoms. The number of hydrogen-bond donors (Lipinski definition) is 0. The molecule has 0 heteroatoms. The van der Waals surface area contributed by atoms with Crippen molar-refractivity contribution in [3.05, 3.63) is 35.5 Å². The van der Waals surface area contributed by atoms with Gasteiger partial charge in [-0.25, -0.2) is 0 Å². The van der Waals surface area contributed by atoms with Gasteiger partial charge in [0, 0.05) is 0 Å². The molecule has 0 fully saturated rings. The third-order valence-corrected chi connectivity index (χ3v) is 3.68. The van der Waals surface area contributed by atoms with E-state index in [9.17, 15) is 0 Å². The second kappa shape index (κ2) is 3.76. The minimum absolute atomic E-state index is 0.502. The number of hydrogen-bond acceptors (Lipinski definition) is 0. The number of fused-ring (bicyclic) bond motifs is 1. The summed E-state index contributed by atoms with van der Waals surface area (Å²) in [4.78, 5) is 0. The van der Waals surface area contributed by atoms with Crippen LogP contribution in [0.3, 0.4) is 0 Å². The van der Waals surface area contributed by atoms with Crippen molar-refractivity contribution in [3.63, 3.8) is 0 Å². The van der Waals surface area contributed by atoms with Crippen LogP contribution < -0.4 is 0 Å². The maximum Gasteiger partial charge on any atom is -0.00712 e. The maximum absolute atomic E-state index is 2.53. The van der Waals surface area contributed by atoms with Crippen molar-refractivity contribution >= 4 is 0 Å². The Hall–Kier alpha value is -0.780. The van der Waals surface area contributed by atoms with Gasteiger partial charge < -0.3 is 0 Å². The fourth-order valence-electron chi connectivity index (χ4n) is 2.63. The van der Waals surface area contributed by atoms with E-state index in [2.05, 4.69) is 38.2 Å². The molecule has 0 nitrogen and oxygen atoms in total. The van der Waals surface area contributed by atoms with E-state index < -0.39 is 0 Å². The molecule has 0 bridgehead atoms. The van der Waals surface area contributed by atoms with E-state index >= 15 is 0 Å². The van der Waals surface area contributed by atoms with Crippen LogP contribution in [0.1, 0.15) is 46.0 Å². The Labute approximate surface area is 87.4 Å². The van der Waals surface area contributed by atoms with Gasteiger partial charge >= 0.3 is 0 Å². The van der Waals surface area contributed by atoms with E-state index in [0.717, 1.165) is 0 Å². The first kappa shape index (κ1) is 9.76. The Morgan fingerprint density at radius 2 is 2.21 bits per heavy atom. The van der Waals surface area contributed by atoms with Gasteiger partial charge in [-0.1, -0.05) is 51.0 Å². The van der Waals surface area contributed by atoms with Crippen LogP contribution >= 0.6 is 0 Å². The fourth-order valence-corrected chi connectivity index (χ4v) is 2.63. The average Bonchev–Trinajstić information content (AvgIpc) is 2.73. The summed E-state index contributed by atoms with van der Waals surface area (Å²) in [6, 6.07) is 0. The zero-order chi connectivity index (χ0) is 10.0. The van der Waals surface area contributed by atoms with Crippen LogP contribution in [0.25, 0.3) is 0 Å². The summed E-state index contributed by atoms with van der Waals surface area (Å²) in [5.41, 5.74) is 3.58. The van der Waals surface area contributed by atoms with Crippen LogP contribution in [0.5, 0.6) is 0 Å². The molecule has 0 spiro atoms. The molecule has 1 atom stereocenters. The Bertz CT molecular complexity index is 304. The van der Waals surface area contributed by atoms with Gasteiger partial charge in [-0.15, -0.1) is 0 Å². The van der Waals surface area contributed by atoms with Gasteiger partial charge in [0.15, 0.2) is 0 Å². The third kappa shape index (κ3) is 1.58. The first-order chi connectivity index (χ1) is 6.79. The molecule has 2 aliphatic rings. The van der Waals surface area contributed by atoms with Crippen molar-refractivity contribution in [2.75, 3.05) is 0 Å². The molecule has 0 aromatic rings. The van der Waals surface area contributed by atoms with Crippen molar-refractivity contribution < 1.29 is 0 Å². The molecule has 2 aliphatic carbocycles. The van der Waals surface area contributed by atoms with Gasteiger partial charge in [0.25, 0.3) is 0 Å². The number of allylic oxidation sites excluding steroid dienone is 6. The van der Waals surface area contributed by atoms with E-state index in [0.29, 0.717) is 5.41 Å². The van der Waals surface area contributed by atoms with Gasteiger partial charge in [0.1, 0.15) is 0 Å². The topological polar surface area (TPSA) is 0 Å². The minimum atomic E-state index is 0.502. The molecule has 0 aromatic carbocycles. The number of unbranched alkanes of at least 4 members (excludes halogenated alkanes) is 1. The molecule has 0 aliphatic heterocycles. The van der Waals surface area contributed by atoms with Crippen LogP contribution in [-0.2, 0) is 0 Å². The molecule has 0 saturated carbocycles. The summed E-state index contributed by atoms with van der Waals surface area (Å²) in [7, 11) is 0. The maximum atomic E-state index is 2.53. The predicted molar refractivity (Wildman–Crippen MR) is 62.2 cm³/mol. The van der Waals surface area contributed by atoms with Crippen molar-refractivity contribution in [2.45, 2.75) is 46.0 Å². The fraction of sp³-hybridized carbons (Fsp3) is 0.571. The summed E-state index contributed by atoms with van der Waals surface area (Å²) in [6.45, 7) is 4.61. The highest BCUT2D eigenvalue weighted by atomic mass is 14.4. The van der Waals surface area contributed by atoms with E-state index in [-0.39, 0.29) is 0 Å². The van der Waals surface area contributed by atoms with Crippen LogP contribution in [-0.4, -0.2) is 0 Å². The predicted octanol–water partition coefficient (Wildman–Crippen LogP) is 4.40. The minimum Gasteiger partial charge on any atom is -0.0704 e. The summed E-state index contributed by atoms with van der Waals surface area (Å²) in [6.07, 6.45) is 15.9. The molecule has 1 unspecified atom stereocenters. The SMILES string of the molecule is CCCCC1(CC)C=C2C=CC=C2C1. The van der Waals surface area contributed by atoms with Gasteiger partial charge in [-0.3, -0.25) is 0 Å². The highest BCUT2D eigenvalue weighted by Crippen LogP contribution is 2.47. The van der Waals surface area contributed by atoms with Crippen molar-refractivity contribution in [1.29, 1.82) is 0 Å². The summed E-state index contributed by atoms with van der Waals surface area (Å²) >= 11 is 0. The largest absolute Gasteiger partial charge is 0.0704 e.